The van der Waals surface area contributed by atoms with Gasteiger partial charge in [0.1, 0.15) is 5.56 Å². The third kappa shape index (κ3) is 4.93. The van der Waals surface area contributed by atoms with E-state index in [2.05, 4.69) is 20.8 Å². The first-order chi connectivity index (χ1) is 18.1. The number of rotatable bonds is 9. The van der Waals surface area contributed by atoms with E-state index in [-0.39, 0.29) is 23.3 Å². The van der Waals surface area contributed by atoms with E-state index in [1.165, 1.54) is 0 Å². The second-order valence-corrected chi connectivity index (χ2v) is 11.8. The fourth-order valence-electron chi connectivity index (χ4n) is 7.03. The minimum absolute atomic E-state index is 0.0282. The molecular formula is C27H37N7O4. The van der Waals surface area contributed by atoms with Gasteiger partial charge in [0.2, 0.25) is 5.91 Å². The second-order valence-electron chi connectivity index (χ2n) is 11.8. The van der Waals surface area contributed by atoms with Gasteiger partial charge in [0, 0.05) is 36.6 Å². The maximum atomic E-state index is 13.7. The van der Waals surface area contributed by atoms with Crippen LogP contribution in [0, 0.1) is 28.6 Å². The van der Waals surface area contributed by atoms with Crippen molar-refractivity contribution in [3.8, 4) is 5.82 Å². The monoisotopic (exact) mass is 523 g/mol. The molecule has 2 aromatic heterocycles. The molecule has 204 valence electrons. The molecule has 4 aliphatic rings. The molecule has 2 aromatic rings. The minimum Gasteiger partial charge on any atom is -0.449 e. The number of nitrogens with zero attached hydrogens (tertiary/aromatic N) is 4. The standard InChI is InChI=1S/C27H37N7O4/c1-4-29-24(36)26(2,3)6-9-34-23(33-8-5-7-30-33)20(15-31-34)22(35)32-21-18-10-17-11-19(21)14-27(12-17,13-18)16-38-25(28)37/h5-9,15,17-19,21H,4,10-14,16H2,1-3H3,(H2,28,37)(H,29,36)(H,32,35)/b9-6+. The van der Waals surface area contributed by atoms with Crippen molar-refractivity contribution in [3.63, 3.8) is 0 Å². The number of nitrogens with one attached hydrogen (secondary N) is 2. The van der Waals surface area contributed by atoms with Gasteiger partial charge in [-0.15, -0.1) is 0 Å². The summed E-state index contributed by atoms with van der Waals surface area (Å²) in [6.45, 7) is 6.44. The third-order valence-electron chi connectivity index (χ3n) is 8.51. The molecular weight excluding hydrogens is 486 g/mol. The van der Waals surface area contributed by atoms with Crippen LogP contribution in [0.3, 0.4) is 0 Å². The molecule has 0 aromatic carbocycles. The van der Waals surface area contributed by atoms with Gasteiger partial charge in [0.25, 0.3) is 5.91 Å². The van der Waals surface area contributed by atoms with Gasteiger partial charge in [-0.25, -0.2) is 14.2 Å². The fourth-order valence-corrected chi connectivity index (χ4v) is 7.03. The molecule has 6 rings (SSSR count). The Labute approximate surface area is 222 Å². The molecule has 4 N–H and O–H groups in total. The zero-order valence-corrected chi connectivity index (χ0v) is 22.2. The van der Waals surface area contributed by atoms with E-state index in [0.717, 1.165) is 32.1 Å². The van der Waals surface area contributed by atoms with Crippen molar-refractivity contribution in [1.82, 2.24) is 30.2 Å². The molecule has 4 aliphatic carbocycles. The molecule has 0 radical (unpaired) electrons. The van der Waals surface area contributed by atoms with Crippen LogP contribution in [0.4, 0.5) is 4.79 Å². The van der Waals surface area contributed by atoms with Crippen molar-refractivity contribution >= 4 is 24.1 Å². The molecule has 3 amide bonds. The Morgan fingerprint density at radius 1 is 1.21 bits per heavy atom. The summed E-state index contributed by atoms with van der Waals surface area (Å²) in [5, 5.41) is 15.0. The van der Waals surface area contributed by atoms with Gasteiger partial charge in [0.05, 0.1) is 18.2 Å². The molecule has 4 bridgehead atoms. The zero-order valence-electron chi connectivity index (χ0n) is 22.2. The molecule has 2 heterocycles. The van der Waals surface area contributed by atoms with Crippen molar-refractivity contribution in [1.29, 1.82) is 0 Å². The number of amides is 3. The van der Waals surface area contributed by atoms with Gasteiger partial charge in [-0.3, -0.25) is 9.59 Å². The van der Waals surface area contributed by atoms with Crippen LogP contribution in [0.2, 0.25) is 0 Å². The summed E-state index contributed by atoms with van der Waals surface area (Å²) in [6, 6.07) is 1.84. The Hall–Kier alpha value is -3.63. The summed E-state index contributed by atoms with van der Waals surface area (Å²) in [4.78, 5) is 37.4. The summed E-state index contributed by atoms with van der Waals surface area (Å²) in [6.07, 6.45) is 12.7. The van der Waals surface area contributed by atoms with Gasteiger partial charge in [0.15, 0.2) is 5.82 Å². The normalized spacial score (nSPS) is 28.0. The van der Waals surface area contributed by atoms with Crippen LogP contribution in [0.15, 0.2) is 30.7 Å². The second kappa shape index (κ2) is 9.92. The van der Waals surface area contributed by atoms with Crippen molar-refractivity contribution in [3.05, 3.63) is 36.3 Å². The molecule has 0 aliphatic heterocycles. The summed E-state index contributed by atoms with van der Waals surface area (Å²) in [5.41, 5.74) is 4.87. The molecule has 38 heavy (non-hydrogen) atoms. The lowest BCUT2D eigenvalue weighted by molar-refractivity contribution is -0.127. The van der Waals surface area contributed by atoms with Crippen LogP contribution in [0.5, 0.6) is 0 Å². The molecule has 4 saturated carbocycles. The summed E-state index contributed by atoms with van der Waals surface area (Å²) in [5.74, 6) is 1.48. The number of carbonyl (C=O) groups is 3. The van der Waals surface area contributed by atoms with Crippen LogP contribution >= 0.6 is 0 Å². The lowest BCUT2D eigenvalue weighted by Gasteiger charge is -2.59. The van der Waals surface area contributed by atoms with Crippen LogP contribution in [-0.4, -0.2) is 56.7 Å². The van der Waals surface area contributed by atoms with Crippen LogP contribution in [-0.2, 0) is 9.53 Å². The van der Waals surface area contributed by atoms with Crippen LogP contribution in [0.1, 0.15) is 63.2 Å². The van der Waals surface area contributed by atoms with E-state index in [1.54, 1.807) is 46.3 Å². The Bertz CT molecular complexity index is 1220. The minimum atomic E-state index is -0.764. The number of ether oxygens (including phenoxy) is 1. The highest BCUT2D eigenvalue weighted by Gasteiger charge is 2.56. The summed E-state index contributed by atoms with van der Waals surface area (Å²) in [7, 11) is 0. The molecule has 2 atom stereocenters. The zero-order chi connectivity index (χ0) is 27.1. The molecule has 11 nitrogen and oxygen atoms in total. The topological polar surface area (TPSA) is 146 Å². The average Bonchev–Trinajstić information content (AvgIpc) is 3.53. The van der Waals surface area contributed by atoms with Crippen molar-refractivity contribution in [2.75, 3.05) is 13.2 Å². The van der Waals surface area contributed by atoms with Crippen LogP contribution in [0.25, 0.3) is 12.0 Å². The maximum Gasteiger partial charge on any atom is 0.404 e. The largest absolute Gasteiger partial charge is 0.449 e. The van der Waals surface area contributed by atoms with E-state index in [4.69, 9.17) is 10.5 Å². The number of carbonyl (C=O) groups excluding carboxylic acids is 3. The van der Waals surface area contributed by atoms with Crippen molar-refractivity contribution < 1.29 is 19.1 Å². The highest BCUT2D eigenvalue weighted by molar-refractivity contribution is 5.97. The maximum absolute atomic E-state index is 13.7. The van der Waals surface area contributed by atoms with Crippen LogP contribution < -0.4 is 16.4 Å². The highest BCUT2D eigenvalue weighted by Crippen LogP contribution is 2.60. The Kier molecular flexibility index (Phi) is 6.79. The lowest BCUT2D eigenvalue weighted by Crippen LogP contribution is -2.60. The number of nitrogens with two attached hydrogens (primary N) is 1. The van der Waals surface area contributed by atoms with Gasteiger partial charge >= 0.3 is 6.09 Å². The molecule has 4 fully saturated rings. The molecule has 11 heteroatoms. The summed E-state index contributed by atoms with van der Waals surface area (Å²) < 4.78 is 8.44. The van der Waals surface area contributed by atoms with Crippen molar-refractivity contribution in [2.45, 2.75) is 58.9 Å². The number of hydrogen-bond acceptors (Lipinski definition) is 6. The third-order valence-corrected chi connectivity index (χ3v) is 8.51. The van der Waals surface area contributed by atoms with Gasteiger partial charge in [-0.1, -0.05) is 6.08 Å². The Morgan fingerprint density at radius 3 is 2.58 bits per heavy atom. The molecule has 2 unspecified atom stereocenters. The van der Waals surface area contributed by atoms with Gasteiger partial charge in [-0.05, 0) is 76.7 Å². The first-order valence-corrected chi connectivity index (χ1v) is 13.4. The van der Waals surface area contributed by atoms with E-state index < -0.39 is 11.5 Å². The quantitative estimate of drug-likeness (QED) is 0.461. The van der Waals surface area contributed by atoms with Crippen molar-refractivity contribution in [2.24, 2.45) is 34.3 Å². The first-order valence-electron chi connectivity index (χ1n) is 13.4. The van der Waals surface area contributed by atoms with E-state index >= 15 is 0 Å². The van der Waals surface area contributed by atoms with Gasteiger partial charge < -0.3 is 21.1 Å². The first kappa shape index (κ1) is 26.0. The predicted octanol–water partition coefficient (Wildman–Crippen LogP) is 2.72. The molecule has 0 spiro atoms. The van der Waals surface area contributed by atoms with E-state index in [0.29, 0.717) is 42.3 Å². The Balaban J connectivity index is 1.36. The smallest absolute Gasteiger partial charge is 0.404 e. The van der Waals surface area contributed by atoms with E-state index in [1.807, 2.05) is 20.8 Å². The fraction of sp³-hybridized carbons (Fsp3) is 0.593. The summed E-state index contributed by atoms with van der Waals surface area (Å²) >= 11 is 0. The average molecular weight is 524 g/mol. The van der Waals surface area contributed by atoms with E-state index in [9.17, 15) is 14.4 Å². The van der Waals surface area contributed by atoms with Gasteiger partial charge in [-0.2, -0.15) is 10.2 Å². The number of hydrogen-bond donors (Lipinski definition) is 3. The lowest BCUT2D eigenvalue weighted by atomic mass is 9.48. The number of aromatic nitrogens is 4. The number of primary amides is 1. The Morgan fingerprint density at radius 2 is 1.95 bits per heavy atom. The molecule has 0 saturated heterocycles. The predicted molar refractivity (Wildman–Crippen MR) is 140 cm³/mol. The SMILES string of the molecule is CCNC(=O)C(C)(C)/C=C/n1ncc(C(=O)NC2C3CC4CC2CC(COC(N)=O)(C4)C3)c1-n1cccn1. The highest BCUT2D eigenvalue weighted by atomic mass is 16.5.